The Labute approximate surface area is 76.8 Å². The molecule has 68 valence electrons. The lowest BCUT2D eigenvalue weighted by molar-refractivity contribution is 0.492. The SMILES string of the molecule is Cc1ccnn1CCn1cccn1. The van der Waals surface area contributed by atoms with Crippen LogP contribution >= 0.6 is 0 Å². The first kappa shape index (κ1) is 8.04. The molecule has 0 fully saturated rings. The Balaban J connectivity index is 1.97. The summed E-state index contributed by atoms with van der Waals surface area (Å²) in [5, 5.41) is 8.31. The molecule has 0 amide bonds. The van der Waals surface area contributed by atoms with Crippen molar-refractivity contribution >= 4 is 0 Å². The van der Waals surface area contributed by atoms with Gasteiger partial charge in [0, 0.05) is 24.3 Å². The molecule has 2 heterocycles. The normalized spacial score (nSPS) is 10.5. The maximum atomic E-state index is 4.19. The molecule has 0 spiro atoms. The number of hydrogen-bond donors (Lipinski definition) is 0. The number of nitrogens with zero attached hydrogens (tertiary/aromatic N) is 4. The predicted molar refractivity (Wildman–Crippen MR) is 49.2 cm³/mol. The summed E-state index contributed by atoms with van der Waals surface area (Å²) in [4.78, 5) is 0. The maximum Gasteiger partial charge on any atom is 0.0608 e. The molecule has 0 saturated carbocycles. The highest BCUT2D eigenvalue weighted by Gasteiger charge is 1.96. The lowest BCUT2D eigenvalue weighted by atomic mass is 10.5. The van der Waals surface area contributed by atoms with Gasteiger partial charge in [0.2, 0.25) is 0 Å². The molecule has 0 saturated heterocycles. The van der Waals surface area contributed by atoms with Gasteiger partial charge in [0.15, 0.2) is 0 Å². The maximum absolute atomic E-state index is 4.19. The Morgan fingerprint density at radius 2 is 2.15 bits per heavy atom. The second kappa shape index (κ2) is 3.43. The minimum absolute atomic E-state index is 0.871. The zero-order valence-corrected chi connectivity index (χ0v) is 7.59. The largest absolute Gasteiger partial charge is 0.271 e. The molecule has 0 unspecified atom stereocenters. The van der Waals surface area contributed by atoms with E-state index in [9.17, 15) is 0 Å². The van der Waals surface area contributed by atoms with Crippen LogP contribution in [0.3, 0.4) is 0 Å². The summed E-state index contributed by atoms with van der Waals surface area (Å²) in [5.41, 5.74) is 1.19. The van der Waals surface area contributed by atoms with Gasteiger partial charge in [0.05, 0.1) is 13.1 Å². The van der Waals surface area contributed by atoms with E-state index in [4.69, 9.17) is 0 Å². The molecule has 0 aliphatic heterocycles. The number of aromatic nitrogens is 4. The van der Waals surface area contributed by atoms with Crippen LogP contribution < -0.4 is 0 Å². The molecule has 0 aliphatic rings. The Kier molecular flexibility index (Phi) is 2.12. The second-order valence-corrected chi connectivity index (χ2v) is 2.96. The van der Waals surface area contributed by atoms with Gasteiger partial charge in [-0.15, -0.1) is 0 Å². The number of rotatable bonds is 3. The highest BCUT2D eigenvalue weighted by molar-refractivity contribution is 4.96. The second-order valence-electron chi connectivity index (χ2n) is 2.96. The zero-order valence-electron chi connectivity index (χ0n) is 7.59. The van der Waals surface area contributed by atoms with Gasteiger partial charge < -0.3 is 0 Å². The van der Waals surface area contributed by atoms with E-state index in [0.717, 1.165) is 13.1 Å². The molecular weight excluding hydrogens is 164 g/mol. The van der Waals surface area contributed by atoms with Gasteiger partial charge in [-0.05, 0) is 19.1 Å². The van der Waals surface area contributed by atoms with Gasteiger partial charge in [0.1, 0.15) is 0 Å². The average molecular weight is 176 g/mol. The van der Waals surface area contributed by atoms with Crippen LogP contribution in [-0.2, 0) is 13.1 Å². The average Bonchev–Trinajstić information content (AvgIpc) is 2.72. The van der Waals surface area contributed by atoms with Crippen LogP contribution in [0.4, 0.5) is 0 Å². The molecule has 4 heteroatoms. The Morgan fingerprint density at radius 1 is 1.23 bits per heavy atom. The fourth-order valence-electron chi connectivity index (χ4n) is 1.26. The van der Waals surface area contributed by atoms with Crippen LogP contribution in [-0.4, -0.2) is 19.6 Å². The van der Waals surface area contributed by atoms with Crippen LogP contribution in [0, 0.1) is 6.92 Å². The van der Waals surface area contributed by atoms with E-state index in [-0.39, 0.29) is 0 Å². The molecule has 2 aromatic rings. The Morgan fingerprint density at radius 3 is 2.77 bits per heavy atom. The van der Waals surface area contributed by atoms with Gasteiger partial charge in [-0.25, -0.2) is 0 Å². The van der Waals surface area contributed by atoms with Crippen molar-refractivity contribution in [3.8, 4) is 0 Å². The van der Waals surface area contributed by atoms with E-state index in [1.165, 1.54) is 5.69 Å². The molecule has 0 atom stereocenters. The van der Waals surface area contributed by atoms with Crippen molar-refractivity contribution < 1.29 is 0 Å². The summed E-state index contributed by atoms with van der Waals surface area (Å²) >= 11 is 0. The van der Waals surface area contributed by atoms with Crippen molar-refractivity contribution in [1.82, 2.24) is 19.6 Å². The van der Waals surface area contributed by atoms with Crippen LogP contribution in [0.25, 0.3) is 0 Å². The molecule has 4 nitrogen and oxygen atoms in total. The number of aryl methyl sites for hydroxylation is 3. The first-order chi connectivity index (χ1) is 6.36. The summed E-state index contributed by atoms with van der Waals surface area (Å²) in [6.45, 7) is 3.80. The summed E-state index contributed by atoms with van der Waals surface area (Å²) in [7, 11) is 0. The monoisotopic (exact) mass is 176 g/mol. The summed E-state index contributed by atoms with van der Waals surface area (Å²) in [5.74, 6) is 0. The zero-order chi connectivity index (χ0) is 9.10. The van der Waals surface area contributed by atoms with Crippen LogP contribution in [0.15, 0.2) is 30.7 Å². The third-order valence-corrected chi connectivity index (χ3v) is 2.03. The molecule has 13 heavy (non-hydrogen) atoms. The molecule has 2 rings (SSSR count). The van der Waals surface area contributed by atoms with E-state index in [2.05, 4.69) is 17.1 Å². The lowest BCUT2D eigenvalue weighted by Gasteiger charge is -2.03. The topological polar surface area (TPSA) is 35.6 Å². The summed E-state index contributed by atoms with van der Waals surface area (Å²) in [6.07, 6.45) is 5.56. The Hall–Kier alpha value is -1.58. The van der Waals surface area contributed by atoms with E-state index < -0.39 is 0 Å². The van der Waals surface area contributed by atoms with E-state index in [0.29, 0.717) is 0 Å². The van der Waals surface area contributed by atoms with Crippen molar-refractivity contribution in [1.29, 1.82) is 0 Å². The molecule has 0 aliphatic carbocycles. The van der Waals surface area contributed by atoms with Gasteiger partial charge in [-0.2, -0.15) is 10.2 Å². The predicted octanol–water partition coefficient (Wildman–Crippen LogP) is 1.09. The molecular formula is C9H12N4. The fourth-order valence-corrected chi connectivity index (χ4v) is 1.26. The lowest BCUT2D eigenvalue weighted by Crippen LogP contribution is -2.09. The van der Waals surface area contributed by atoms with Crippen molar-refractivity contribution in [3.63, 3.8) is 0 Å². The van der Waals surface area contributed by atoms with Crippen molar-refractivity contribution in [2.45, 2.75) is 20.0 Å². The smallest absolute Gasteiger partial charge is 0.0608 e. The summed E-state index contributed by atoms with van der Waals surface area (Å²) in [6, 6.07) is 3.93. The summed E-state index contributed by atoms with van der Waals surface area (Å²) < 4.78 is 3.88. The van der Waals surface area contributed by atoms with Gasteiger partial charge >= 0.3 is 0 Å². The van der Waals surface area contributed by atoms with Gasteiger partial charge in [-0.3, -0.25) is 9.36 Å². The first-order valence-electron chi connectivity index (χ1n) is 4.32. The van der Waals surface area contributed by atoms with Crippen LogP contribution in [0.2, 0.25) is 0 Å². The van der Waals surface area contributed by atoms with E-state index in [1.54, 1.807) is 6.20 Å². The number of hydrogen-bond acceptors (Lipinski definition) is 2. The van der Waals surface area contributed by atoms with E-state index >= 15 is 0 Å². The first-order valence-corrected chi connectivity index (χ1v) is 4.32. The van der Waals surface area contributed by atoms with Gasteiger partial charge in [0.25, 0.3) is 0 Å². The molecule has 2 aromatic heterocycles. The third kappa shape index (κ3) is 1.77. The molecule has 0 aromatic carbocycles. The van der Waals surface area contributed by atoms with Crippen LogP contribution in [0.1, 0.15) is 5.69 Å². The third-order valence-electron chi connectivity index (χ3n) is 2.03. The van der Waals surface area contributed by atoms with Crippen molar-refractivity contribution in [2.24, 2.45) is 0 Å². The van der Waals surface area contributed by atoms with Crippen molar-refractivity contribution in [3.05, 3.63) is 36.4 Å². The Bertz CT molecular complexity index is 361. The van der Waals surface area contributed by atoms with Crippen molar-refractivity contribution in [2.75, 3.05) is 0 Å². The quantitative estimate of drug-likeness (QED) is 0.701. The standard InChI is InChI=1S/C9H12N4/c1-9-3-5-11-13(9)8-7-12-6-2-4-10-12/h2-6H,7-8H2,1H3. The molecule has 0 bridgehead atoms. The highest BCUT2D eigenvalue weighted by atomic mass is 15.3. The minimum Gasteiger partial charge on any atom is -0.271 e. The fraction of sp³-hybridized carbons (Fsp3) is 0.333. The highest BCUT2D eigenvalue weighted by Crippen LogP contribution is 1.96. The van der Waals surface area contributed by atoms with Crippen LogP contribution in [0.5, 0.6) is 0 Å². The molecule has 0 radical (unpaired) electrons. The molecule has 0 N–H and O–H groups in total. The van der Waals surface area contributed by atoms with E-state index in [1.807, 2.05) is 33.9 Å². The minimum atomic E-state index is 0.871. The van der Waals surface area contributed by atoms with Gasteiger partial charge in [-0.1, -0.05) is 0 Å².